The van der Waals surface area contributed by atoms with Gasteiger partial charge in [-0.15, -0.1) is 0 Å². The maximum Gasteiger partial charge on any atom is 0.328 e. The highest BCUT2D eigenvalue weighted by atomic mass is 19.1. The first-order chi connectivity index (χ1) is 31.8. The highest BCUT2D eigenvalue weighted by Crippen LogP contribution is 2.42. The Balaban J connectivity index is 0.780. The van der Waals surface area contributed by atoms with Crippen LogP contribution in [0.2, 0.25) is 0 Å². The molecule has 0 saturated carbocycles. The van der Waals surface area contributed by atoms with Crippen molar-refractivity contribution in [1.82, 2.24) is 35.0 Å². The van der Waals surface area contributed by atoms with Gasteiger partial charge in [0.1, 0.15) is 23.5 Å². The number of rotatable bonds is 11. The minimum Gasteiger partial charge on any atom is -0.495 e. The Kier molecular flexibility index (Phi) is 12.8. The highest BCUT2D eigenvalue weighted by Gasteiger charge is 2.39. The van der Waals surface area contributed by atoms with Crippen LogP contribution in [0.25, 0.3) is 33.5 Å². The number of nitrogens with zero attached hydrogens (tertiary/aromatic N) is 6. The van der Waals surface area contributed by atoms with E-state index in [-0.39, 0.29) is 36.2 Å². The molecule has 6 heterocycles. The number of hydrogen-bond donors (Lipinski definition) is 3. The molecule has 0 radical (unpaired) electrons. The minimum absolute atomic E-state index is 0.0582. The average molecular weight is 898 g/mol. The Morgan fingerprint density at radius 2 is 1.68 bits per heavy atom. The summed E-state index contributed by atoms with van der Waals surface area (Å²) in [7, 11) is 1.52. The van der Waals surface area contributed by atoms with Gasteiger partial charge in [-0.05, 0) is 135 Å². The molecule has 66 heavy (non-hydrogen) atoms. The number of carbonyl (C=O) groups is 4. The second-order valence-electron chi connectivity index (χ2n) is 19.2. The summed E-state index contributed by atoms with van der Waals surface area (Å²) in [5.41, 5.74) is 7.41. The lowest BCUT2D eigenvalue weighted by Crippen LogP contribution is -2.50. The van der Waals surface area contributed by atoms with Crippen molar-refractivity contribution in [3.05, 3.63) is 89.5 Å². The van der Waals surface area contributed by atoms with Gasteiger partial charge in [0.05, 0.1) is 18.5 Å². The number of benzene rings is 3. The van der Waals surface area contributed by atoms with Crippen LogP contribution in [0.3, 0.4) is 0 Å². The fraction of sp³-hybridized carbons (Fsp3) is 0.451. The first-order valence-corrected chi connectivity index (χ1v) is 23.5. The van der Waals surface area contributed by atoms with Crippen LogP contribution >= 0.6 is 0 Å². The van der Waals surface area contributed by atoms with Crippen LogP contribution in [-0.2, 0) is 11.2 Å². The Hall–Kier alpha value is -6.35. The molecule has 4 saturated heterocycles. The number of halogens is 1. The van der Waals surface area contributed by atoms with Gasteiger partial charge >= 0.3 is 12.1 Å². The molecule has 15 heteroatoms. The zero-order valence-corrected chi connectivity index (χ0v) is 38.4. The van der Waals surface area contributed by atoms with E-state index in [4.69, 9.17) is 4.74 Å². The lowest BCUT2D eigenvalue weighted by atomic mass is 9.71. The predicted molar refractivity (Wildman–Crippen MR) is 253 cm³/mol. The van der Waals surface area contributed by atoms with Crippen molar-refractivity contribution in [2.75, 3.05) is 69.7 Å². The van der Waals surface area contributed by atoms with Gasteiger partial charge in [-0.3, -0.25) is 19.8 Å². The molecular weight excluding hydrogens is 838 g/mol. The molecule has 346 valence electrons. The van der Waals surface area contributed by atoms with E-state index in [1.807, 2.05) is 22.8 Å². The van der Waals surface area contributed by atoms with Crippen LogP contribution in [0.5, 0.6) is 5.75 Å². The number of anilines is 2. The topological polar surface area (TPSA) is 156 Å². The molecular formula is C51H60FN9O5. The number of hydrogen-bond acceptors (Lipinski definition) is 8. The summed E-state index contributed by atoms with van der Waals surface area (Å²) in [5, 5.41) is 6.11. The largest absolute Gasteiger partial charge is 0.495 e. The Morgan fingerprint density at radius 3 is 2.41 bits per heavy atom. The number of imide groups is 1. The van der Waals surface area contributed by atoms with Crippen molar-refractivity contribution in [3.8, 4) is 28.3 Å². The fourth-order valence-corrected chi connectivity index (χ4v) is 10.5. The van der Waals surface area contributed by atoms with Crippen molar-refractivity contribution in [3.63, 3.8) is 0 Å². The molecule has 0 bridgehead atoms. The normalized spacial score (nSPS) is 18.9. The van der Waals surface area contributed by atoms with E-state index in [0.717, 1.165) is 86.8 Å². The molecule has 6 amide bonds. The van der Waals surface area contributed by atoms with Gasteiger partial charge in [0, 0.05) is 73.6 Å². The fourth-order valence-electron chi connectivity index (χ4n) is 10.5. The van der Waals surface area contributed by atoms with Gasteiger partial charge in [-0.1, -0.05) is 38.1 Å². The molecule has 1 spiro atoms. The molecule has 0 aliphatic carbocycles. The van der Waals surface area contributed by atoms with Crippen LogP contribution in [0.15, 0.2) is 67.0 Å². The van der Waals surface area contributed by atoms with Crippen molar-refractivity contribution in [1.29, 1.82) is 0 Å². The maximum absolute atomic E-state index is 15.2. The molecule has 3 N–H and O–H groups in total. The van der Waals surface area contributed by atoms with E-state index >= 15 is 4.39 Å². The van der Waals surface area contributed by atoms with Gasteiger partial charge in [-0.2, -0.15) is 0 Å². The molecule has 5 aromatic rings. The summed E-state index contributed by atoms with van der Waals surface area (Å²) in [6, 6.07) is 17.9. The third kappa shape index (κ3) is 9.49. The van der Waals surface area contributed by atoms with E-state index in [9.17, 15) is 19.2 Å². The van der Waals surface area contributed by atoms with E-state index < -0.39 is 11.8 Å². The second-order valence-corrected chi connectivity index (χ2v) is 19.2. The molecule has 4 aliphatic rings. The lowest BCUT2D eigenvalue weighted by Gasteiger charge is -2.47. The van der Waals surface area contributed by atoms with Crippen molar-refractivity contribution < 1.29 is 28.3 Å². The quantitative estimate of drug-likeness (QED) is 0.119. The van der Waals surface area contributed by atoms with E-state index in [2.05, 4.69) is 68.6 Å². The number of carbonyl (C=O) groups excluding carboxylic acids is 4. The first-order valence-electron chi connectivity index (χ1n) is 23.5. The van der Waals surface area contributed by atoms with Gasteiger partial charge in [0.25, 0.3) is 5.91 Å². The van der Waals surface area contributed by atoms with E-state index in [1.54, 1.807) is 18.2 Å². The lowest BCUT2D eigenvalue weighted by molar-refractivity contribution is -0.120. The molecule has 4 fully saturated rings. The third-order valence-corrected chi connectivity index (χ3v) is 14.5. The molecule has 14 nitrogen and oxygen atoms in total. The van der Waals surface area contributed by atoms with Crippen LogP contribution in [-0.4, -0.2) is 113 Å². The second kappa shape index (κ2) is 18.9. The standard InChI is InChI=1S/C51H60FN9O5/c1-32(2)25-35-12-19-60(30-35)49(64)56-41-28-38(52)27-39(33(41)3)46-40-29-42(55-47(40)54-31-53-46)36-7-5-34(6-8-36)11-18-58-21-14-51(15-22-58)16-23-59(24-17-51)48(63)37-9-10-44(66-4)43(26-37)61-20-13-45(62)57-50(61)65/h5-10,26-29,31-32,35H,11-25,30H2,1-4H3,(H,56,64)(H,53,54,55)(H,57,62,65)/t35-/m0/s1. The van der Waals surface area contributed by atoms with Crippen LogP contribution in [0.4, 0.5) is 25.4 Å². The summed E-state index contributed by atoms with van der Waals surface area (Å²) >= 11 is 0. The molecule has 1 atom stereocenters. The van der Waals surface area contributed by atoms with Crippen LogP contribution in [0.1, 0.15) is 80.3 Å². The van der Waals surface area contributed by atoms with Gasteiger partial charge in [-0.25, -0.2) is 23.9 Å². The van der Waals surface area contributed by atoms with Gasteiger partial charge in [0.2, 0.25) is 5.91 Å². The Morgan fingerprint density at radius 1 is 0.924 bits per heavy atom. The van der Waals surface area contributed by atoms with Crippen LogP contribution < -0.4 is 20.3 Å². The number of piperidine rings is 2. The number of methoxy groups -OCH3 is 1. The Labute approximate surface area is 385 Å². The average Bonchev–Trinajstić information content (AvgIpc) is 3.98. The summed E-state index contributed by atoms with van der Waals surface area (Å²) in [6.45, 7) is 12.4. The predicted octanol–water partition coefficient (Wildman–Crippen LogP) is 8.66. The third-order valence-electron chi connectivity index (χ3n) is 14.5. The number of fused-ring (bicyclic) bond motifs is 1. The molecule has 0 unspecified atom stereocenters. The molecule has 4 aliphatic heterocycles. The highest BCUT2D eigenvalue weighted by molar-refractivity contribution is 6.07. The Bertz CT molecular complexity index is 2630. The smallest absolute Gasteiger partial charge is 0.328 e. The number of likely N-dealkylation sites (tertiary alicyclic amines) is 3. The number of ether oxygens (including phenoxy) is 1. The van der Waals surface area contributed by atoms with Gasteiger partial charge < -0.3 is 29.7 Å². The SMILES string of the molecule is COc1ccc(C(=O)N2CCC3(CCN(CCc4ccc(-c5cc6c(-c7cc(F)cc(NC(=O)N8CC[C@@H](CC(C)C)C8)c7C)ncnc6[nH]5)cc4)CC3)CC2)cc1N1CCC(=O)NC1=O. The van der Waals surface area contributed by atoms with Crippen molar-refractivity contribution >= 4 is 46.3 Å². The molecule has 2 aromatic heterocycles. The zero-order chi connectivity index (χ0) is 46.1. The monoisotopic (exact) mass is 897 g/mol. The molecule has 3 aromatic carbocycles. The van der Waals surface area contributed by atoms with E-state index in [1.165, 1.54) is 36.0 Å². The number of nitrogens with one attached hydrogen (secondary N) is 3. The summed E-state index contributed by atoms with van der Waals surface area (Å²) in [6.07, 6.45) is 8.82. The van der Waals surface area contributed by atoms with Gasteiger partial charge in [0.15, 0.2) is 0 Å². The van der Waals surface area contributed by atoms with Crippen molar-refractivity contribution in [2.45, 2.75) is 72.1 Å². The number of amides is 6. The maximum atomic E-state index is 15.2. The van der Waals surface area contributed by atoms with E-state index in [0.29, 0.717) is 77.6 Å². The number of aromatic amines is 1. The van der Waals surface area contributed by atoms with Crippen molar-refractivity contribution in [2.24, 2.45) is 17.3 Å². The number of H-pyrrole nitrogens is 1. The zero-order valence-electron chi connectivity index (χ0n) is 38.4. The summed E-state index contributed by atoms with van der Waals surface area (Å²) in [5.74, 6) is 0.715. The molecule has 9 rings (SSSR count). The van der Waals surface area contributed by atoms with Crippen LogP contribution in [0, 0.1) is 30.0 Å². The number of aromatic nitrogens is 3. The minimum atomic E-state index is -0.516. The summed E-state index contributed by atoms with van der Waals surface area (Å²) < 4.78 is 20.7. The summed E-state index contributed by atoms with van der Waals surface area (Å²) in [4.78, 5) is 71.7. The first kappa shape index (κ1) is 44.8. The number of urea groups is 2.